The van der Waals surface area contributed by atoms with Crippen LogP contribution in [0, 0.1) is 0 Å². The van der Waals surface area contributed by atoms with Crippen molar-refractivity contribution in [3.63, 3.8) is 0 Å². The van der Waals surface area contributed by atoms with Crippen molar-refractivity contribution in [3.8, 4) is 11.1 Å². The minimum absolute atomic E-state index is 0.0880. The van der Waals surface area contributed by atoms with Gasteiger partial charge in [0, 0.05) is 5.02 Å². The van der Waals surface area contributed by atoms with E-state index < -0.39 is 10.0 Å². The molecule has 26 heavy (non-hydrogen) atoms. The molecule has 0 radical (unpaired) electrons. The summed E-state index contributed by atoms with van der Waals surface area (Å²) in [5, 5.41) is 1.76. The highest BCUT2D eigenvalue weighted by molar-refractivity contribution is 7.95. The number of sulfonamides is 1. The van der Waals surface area contributed by atoms with Crippen molar-refractivity contribution in [3.05, 3.63) is 82.1 Å². The molecule has 0 saturated carbocycles. The lowest BCUT2D eigenvalue weighted by molar-refractivity contribution is 0.609. The molecule has 1 N–H and O–H groups in total. The first-order chi connectivity index (χ1) is 12.4. The molecule has 1 heterocycles. The molecule has 0 amide bonds. The highest BCUT2D eigenvalue weighted by atomic mass is 35.5. The molecule has 0 saturated heterocycles. The van der Waals surface area contributed by atoms with Crippen molar-refractivity contribution >= 4 is 45.1 Å². The van der Waals surface area contributed by atoms with Crippen molar-refractivity contribution < 1.29 is 8.42 Å². The lowest BCUT2D eigenvalue weighted by Crippen LogP contribution is -2.11. The third-order valence-electron chi connectivity index (χ3n) is 3.41. The topological polar surface area (TPSA) is 72.0 Å². The largest absolute Gasteiger partial charge is 0.263 e. The van der Waals surface area contributed by atoms with E-state index in [2.05, 4.69) is 14.7 Å². The summed E-state index contributed by atoms with van der Waals surface area (Å²) in [6, 6.07) is 15.9. The minimum atomic E-state index is -3.79. The summed E-state index contributed by atoms with van der Waals surface area (Å²) >= 11 is 12.1. The predicted molar refractivity (Wildman–Crippen MR) is 106 cm³/mol. The summed E-state index contributed by atoms with van der Waals surface area (Å²) < 4.78 is 27.2. The van der Waals surface area contributed by atoms with Gasteiger partial charge in [0.15, 0.2) is 5.82 Å². The minimum Gasteiger partial charge on any atom is -0.263 e. The number of aromatic nitrogens is 2. The zero-order valence-electron chi connectivity index (χ0n) is 13.3. The van der Waals surface area contributed by atoms with Gasteiger partial charge in [0.1, 0.15) is 11.5 Å². The molecule has 0 unspecified atom stereocenters. The zero-order chi connectivity index (χ0) is 18.6. The van der Waals surface area contributed by atoms with Gasteiger partial charge in [0.2, 0.25) is 0 Å². The fourth-order valence-corrected chi connectivity index (χ4v) is 3.41. The van der Waals surface area contributed by atoms with Crippen molar-refractivity contribution in [2.24, 2.45) is 0 Å². The molecule has 0 bridgehead atoms. The van der Waals surface area contributed by atoms with Gasteiger partial charge < -0.3 is 0 Å². The number of rotatable bonds is 5. The van der Waals surface area contributed by atoms with Crippen LogP contribution in [0.2, 0.25) is 10.2 Å². The van der Waals surface area contributed by atoms with E-state index >= 15 is 0 Å². The van der Waals surface area contributed by atoms with Crippen LogP contribution in [0.25, 0.3) is 17.2 Å². The second-order valence-electron chi connectivity index (χ2n) is 5.26. The first-order valence-corrected chi connectivity index (χ1v) is 9.77. The summed E-state index contributed by atoms with van der Waals surface area (Å²) in [5.41, 5.74) is 1.78. The van der Waals surface area contributed by atoms with Gasteiger partial charge in [-0.2, -0.15) is 0 Å². The van der Waals surface area contributed by atoms with Crippen LogP contribution in [0.5, 0.6) is 0 Å². The van der Waals surface area contributed by atoms with Crippen molar-refractivity contribution in [2.45, 2.75) is 0 Å². The van der Waals surface area contributed by atoms with Gasteiger partial charge in [0.25, 0.3) is 10.0 Å². The van der Waals surface area contributed by atoms with E-state index in [1.165, 1.54) is 12.4 Å². The molecule has 8 heteroatoms. The Kier molecular flexibility index (Phi) is 5.56. The Labute approximate surface area is 161 Å². The second-order valence-corrected chi connectivity index (χ2v) is 7.62. The molecule has 0 spiro atoms. The Morgan fingerprint density at radius 1 is 0.923 bits per heavy atom. The molecule has 0 aliphatic carbocycles. The van der Waals surface area contributed by atoms with Gasteiger partial charge in [-0.15, -0.1) is 0 Å². The van der Waals surface area contributed by atoms with E-state index in [0.29, 0.717) is 16.1 Å². The summed E-state index contributed by atoms with van der Waals surface area (Å²) in [7, 11) is -3.79. The highest BCUT2D eigenvalue weighted by Gasteiger charge is 2.16. The number of anilines is 1. The molecule has 5 nitrogen and oxygen atoms in total. The maximum Gasteiger partial charge on any atom is 0.256 e. The van der Waals surface area contributed by atoms with Gasteiger partial charge in [-0.25, -0.2) is 18.4 Å². The van der Waals surface area contributed by atoms with E-state index in [9.17, 15) is 8.42 Å². The van der Waals surface area contributed by atoms with E-state index in [0.717, 1.165) is 11.0 Å². The van der Waals surface area contributed by atoms with E-state index in [4.69, 9.17) is 23.2 Å². The van der Waals surface area contributed by atoms with Gasteiger partial charge >= 0.3 is 0 Å². The highest BCUT2D eigenvalue weighted by Crippen LogP contribution is 2.33. The molecule has 0 aliphatic heterocycles. The average molecular weight is 406 g/mol. The van der Waals surface area contributed by atoms with Crippen molar-refractivity contribution in [2.75, 3.05) is 4.72 Å². The van der Waals surface area contributed by atoms with Crippen molar-refractivity contribution in [1.82, 2.24) is 9.97 Å². The lowest BCUT2D eigenvalue weighted by atomic mass is 10.1. The van der Waals surface area contributed by atoms with Crippen LogP contribution in [0.4, 0.5) is 5.82 Å². The van der Waals surface area contributed by atoms with Gasteiger partial charge in [0.05, 0.1) is 11.0 Å². The summed E-state index contributed by atoms with van der Waals surface area (Å²) in [6.45, 7) is 0. The Morgan fingerprint density at radius 2 is 1.62 bits per heavy atom. The third-order valence-corrected chi connectivity index (χ3v) is 4.92. The van der Waals surface area contributed by atoms with Crippen LogP contribution in [0.1, 0.15) is 5.56 Å². The summed E-state index contributed by atoms with van der Waals surface area (Å²) in [4.78, 5) is 7.96. The fraction of sp³-hybridized carbons (Fsp3) is 0. The van der Waals surface area contributed by atoms with Crippen LogP contribution in [-0.4, -0.2) is 18.4 Å². The maximum absolute atomic E-state index is 12.4. The molecule has 1 aromatic heterocycles. The second kappa shape index (κ2) is 7.86. The fourth-order valence-electron chi connectivity index (χ4n) is 2.21. The molecule has 0 atom stereocenters. The summed E-state index contributed by atoms with van der Waals surface area (Å²) in [6.07, 6.45) is 2.69. The first kappa shape index (κ1) is 18.4. The number of benzene rings is 2. The Hall–Kier alpha value is -2.41. The zero-order valence-corrected chi connectivity index (χ0v) is 15.6. The number of hydrogen-bond donors (Lipinski definition) is 1. The van der Waals surface area contributed by atoms with Gasteiger partial charge in [-0.05, 0) is 29.3 Å². The Bertz CT molecular complexity index is 1040. The van der Waals surface area contributed by atoms with Crippen LogP contribution in [0.3, 0.4) is 0 Å². The maximum atomic E-state index is 12.4. The smallest absolute Gasteiger partial charge is 0.256 e. The number of nitrogens with one attached hydrogen (secondary N) is 1. The van der Waals surface area contributed by atoms with E-state index in [1.54, 1.807) is 36.4 Å². The molecule has 132 valence electrons. The van der Waals surface area contributed by atoms with Crippen LogP contribution in [0.15, 0.2) is 66.3 Å². The first-order valence-electron chi connectivity index (χ1n) is 7.47. The number of nitrogens with zero attached hydrogens (tertiary/aromatic N) is 2. The predicted octanol–water partition coefficient (Wildman–Crippen LogP) is 4.86. The van der Waals surface area contributed by atoms with Crippen molar-refractivity contribution in [1.29, 1.82) is 0 Å². The Balaban J connectivity index is 1.93. The standard InChI is InChI=1S/C18H13Cl2N3O2S/c19-15-8-6-14(7-9-15)16-17(20)21-12-22-18(16)23-26(24,25)11-10-13-4-2-1-3-5-13/h1-12H,(H,21,22,23)/b11-10+. The van der Waals surface area contributed by atoms with Gasteiger partial charge in [-0.1, -0.05) is 65.7 Å². The quantitative estimate of drug-likeness (QED) is 0.614. The van der Waals surface area contributed by atoms with E-state index in [1.807, 2.05) is 18.2 Å². The molecule has 3 rings (SSSR count). The Morgan fingerprint density at radius 3 is 2.31 bits per heavy atom. The number of hydrogen-bond acceptors (Lipinski definition) is 4. The molecule has 0 aliphatic rings. The van der Waals surface area contributed by atoms with Gasteiger partial charge in [-0.3, -0.25) is 4.72 Å². The number of halogens is 2. The summed E-state index contributed by atoms with van der Waals surface area (Å²) in [5.74, 6) is 0.0880. The van der Waals surface area contributed by atoms with Crippen LogP contribution >= 0.6 is 23.2 Å². The molecular formula is C18H13Cl2N3O2S. The molecule has 0 fully saturated rings. The van der Waals surface area contributed by atoms with E-state index in [-0.39, 0.29) is 11.0 Å². The normalized spacial score (nSPS) is 11.6. The van der Waals surface area contributed by atoms with Crippen LogP contribution < -0.4 is 4.72 Å². The van der Waals surface area contributed by atoms with Crippen LogP contribution in [-0.2, 0) is 10.0 Å². The third kappa shape index (κ3) is 4.60. The monoisotopic (exact) mass is 405 g/mol. The molecular weight excluding hydrogens is 393 g/mol. The molecule has 2 aromatic carbocycles. The lowest BCUT2D eigenvalue weighted by Gasteiger charge is -2.11. The molecule has 3 aromatic rings. The SMILES string of the molecule is O=S(=O)(/C=C/c1ccccc1)Nc1ncnc(Cl)c1-c1ccc(Cl)cc1. The average Bonchev–Trinajstić information content (AvgIpc) is 2.62.